The Kier molecular flexibility index (Phi) is 6.11. The van der Waals surface area contributed by atoms with E-state index in [9.17, 15) is 4.79 Å². The molecule has 0 aromatic carbocycles. The van der Waals surface area contributed by atoms with E-state index in [1.807, 2.05) is 20.8 Å². The number of ketones is 1. The van der Waals surface area contributed by atoms with Crippen molar-refractivity contribution in [2.75, 3.05) is 0 Å². The zero-order valence-corrected chi connectivity index (χ0v) is 11.1. The van der Waals surface area contributed by atoms with Crippen LogP contribution < -0.4 is 0 Å². The topological polar surface area (TPSA) is 26.3 Å². The van der Waals surface area contributed by atoms with Crippen LogP contribution in [0.25, 0.3) is 0 Å². The van der Waals surface area contributed by atoms with E-state index in [1.54, 1.807) is 0 Å². The molecule has 2 unspecified atom stereocenters. The van der Waals surface area contributed by atoms with E-state index in [4.69, 9.17) is 4.74 Å². The molecule has 0 aromatic heterocycles. The van der Waals surface area contributed by atoms with Crippen molar-refractivity contribution < 1.29 is 9.53 Å². The summed E-state index contributed by atoms with van der Waals surface area (Å²) in [5.74, 6) is 0.337. The molecular formula is C13H26O2. The van der Waals surface area contributed by atoms with Gasteiger partial charge in [0.25, 0.3) is 0 Å². The summed E-state index contributed by atoms with van der Waals surface area (Å²) in [4.78, 5) is 11.9. The first kappa shape index (κ1) is 14.6. The monoisotopic (exact) mass is 214 g/mol. The van der Waals surface area contributed by atoms with Crippen molar-refractivity contribution in [3.8, 4) is 0 Å². The second kappa shape index (κ2) is 6.26. The van der Waals surface area contributed by atoms with Crippen LogP contribution in [-0.2, 0) is 9.53 Å². The van der Waals surface area contributed by atoms with Crippen LogP contribution in [0.5, 0.6) is 0 Å². The molecule has 0 fully saturated rings. The van der Waals surface area contributed by atoms with E-state index in [2.05, 4.69) is 20.8 Å². The fourth-order valence-electron chi connectivity index (χ4n) is 1.50. The molecule has 0 heterocycles. The molecule has 0 aliphatic carbocycles. The second-order valence-corrected chi connectivity index (χ2v) is 4.63. The molecule has 0 saturated heterocycles. The predicted molar refractivity (Wildman–Crippen MR) is 64.0 cm³/mol. The van der Waals surface area contributed by atoms with Gasteiger partial charge in [-0.1, -0.05) is 27.7 Å². The molecule has 90 valence electrons. The minimum Gasteiger partial charge on any atom is -0.365 e. The summed E-state index contributed by atoms with van der Waals surface area (Å²) in [6.07, 6.45) is 2.51. The summed E-state index contributed by atoms with van der Waals surface area (Å²) >= 11 is 0. The van der Waals surface area contributed by atoms with Gasteiger partial charge in [-0.3, -0.25) is 4.79 Å². The van der Waals surface area contributed by atoms with Gasteiger partial charge in [0.1, 0.15) is 6.10 Å². The lowest BCUT2D eigenvalue weighted by molar-refractivity contribution is -0.146. The maximum atomic E-state index is 11.9. The highest BCUT2D eigenvalue weighted by atomic mass is 16.5. The largest absolute Gasteiger partial charge is 0.365 e. The molecule has 0 aliphatic rings. The number of carbonyl (C=O) groups is 1. The average molecular weight is 214 g/mol. The van der Waals surface area contributed by atoms with Crippen molar-refractivity contribution >= 4 is 5.78 Å². The van der Waals surface area contributed by atoms with Crippen LogP contribution >= 0.6 is 0 Å². The van der Waals surface area contributed by atoms with Crippen LogP contribution in [0, 0.1) is 5.92 Å². The smallest absolute Gasteiger partial charge is 0.164 e. The first-order chi connectivity index (χ1) is 6.90. The molecule has 0 aromatic rings. The Morgan fingerprint density at radius 2 is 1.67 bits per heavy atom. The molecule has 2 nitrogen and oxygen atoms in total. The minimum atomic E-state index is -0.273. The van der Waals surface area contributed by atoms with Gasteiger partial charge in [-0.25, -0.2) is 0 Å². The number of carbonyl (C=O) groups excluding carboxylic acids is 1. The Morgan fingerprint density at radius 3 is 2.00 bits per heavy atom. The minimum absolute atomic E-state index is 0.109. The highest BCUT2D eigenvalue weighted by Gasteiger charge is 2.28. The number of hydrogen-bond acceptors (Lipinski definition) is 2. The highest BCUT2D eigenvalue weighted by Crippen LogP contribution is 2.23. The maximum absolute atomic E-state index is 11.9. The standard InChI is InChI=1S/C13H26O2/c1-7-10(4)12(14)11(5)15-13(6,8-2)9-3/h10-11H,7-9H2,1-6H3. The fraction of sp³-hybridized carbons (Fsp3) is 0.923. The van der Waals surface area contributed by atoms with Gasteiger partial charge in [0, 0.05) is 5.92 Å². The number of ether oxygens (including phenoxy) is 1. The Labute approximate surface area is 94.4 Å². The summed E-state index contributed by atoms with van der Waals surface area (Å²) < 4.78 is 5.87. The average Bonchev–Trinajstić information content (AvgIpc) is 2.26. The molecule has 0 aliphatic heterocycles. The van der Waals surface area contributed by atoms with Gasteiger partial charge in [0.15, 0.2) is 5.78 Å². The third-order valence-electron chi connectivity index (χ3n) is 3.46. The van der Waals surface area contributed by atoms with E-state index < -0.39 is 0 Å². The Balaban J connectivity index is 4.34. The fourth-order valence-corrected chi connectivity index (χ4v) is 1.50. The molecule has 2 heteroatoms. The third-order valence-corrected chi connectivity index (χ3v) is 3.46. The van der Waals surface area contributed by atoms with Gasteiger partial charge < -0.3 is 4.74 Å². The van der Waals surface area contributed by atoms with Gasteiger partial charge in [-0.2, -0.15) is 0 Å². The lowest BCUT2D eigenvalue weighted by atomic mass is 9.96. The molecule has 0 radical (unpaired) electrons. The Bertz CT molecular complexity index is 195. The van der Waals surface area contributed by atoms with E-state index in [0.717, 1.165) is 19.3 Å². The van der Waals surface area contributed by atoms with Crippen LogP contribution in [0.1, 0.15) is 60.8 Å². The van der Waals surface area contributed by atoms with Crippen LogP contribution in [0.2, 0.25) is 0 Å². The first-order valence-corrected chi connectivity index (χ1v) is 6.11. The van der Waals surface area contributed by atoms with Crippen molar-refractivity contribution in [1.82, 2.24) is 0 Å². The van der Waals surface area contributed by atoms with Gasteiger partial charge in [0.2, 0.25) is 0 Å². The normalized spacial score (nSPS) is 16.1. The molecule has 0 amide bonds. The third kappa shape index (κ3) is 4.33. The van der Waals surface area contributed by atoms with Gasteiger partial charge >= 0.3 is 0 Å². The summed E-state index contributed by atoms with van der Waals surface area (Å²) in [5, 5.41) is 0. The van der Waals surface area contributed by atoms with Crippen LogP contribution in [0.15, 0.2) is 0 Å². The van der Waals surface area contributed by atoms with Crippen LogP contribution in [0.3, 0.4) is 0 Å². The van der Waals surface area contributed by atoms with Crippen molar-refractivity contribution in [2.45, 2.75) is 72.5 Å². The number of rotatable bonds is 7. The van der Waals surface area contributed by atoms with E-state index in [0.29, 0.717) is 0 Å². The number of hydrogen-bond donors (Lipinski definition) is 0. The molecule has 15 heavy (non-hydrogen) atoms. The van der Waals surface area contributed by atoms with Crippen LogP contribution in [-0.4, -0.2) is 17.5 Å². The lowest BCUT2D eigenvalue weighted by Crippen LogP contribution is -2.37. The lowest BCUT2D eigenvalue weighted by Gasteiger charge is -2.31. The molecule has 0 N–H and O–H groups in total. The van der Waals surface area contributed by atoms with Gasteiger partial charge in [-0.05, 0) is 33.1 Å². The van der Waals surface area contributed by atoms with Gasteiger partial charge in [0.05, 0.1) is 5.60 Å². The highest BCUT2D eigenvalue weighted by molar-refractivity contribution is 5.84. The SMILES string of the molecule is CCC(C)C(=O)C(C)OC(C)(CC)CC. The van der Waals surface area contributed by atoms with E-state index >= 15 is 0 Å². The summed E-state index contributed by atoms with van der Waals surface area (Å²) in [6.45, 7) is 12.2. The molecular weight excluding hydrogens is 188 g/mol. The van der Waals surface area contributed by atoms with Crippen molar-refractivity contribution in [3.05, 3.63) is 0 Å². The predicted octanol–water partition coefficient (Wildman–Crippen LogP) is 3.59. The quantitative estimate of drug-likeness (QED) is 0.647. The van der Waals surface area contributed by atoms with E-state index in [-0.39, 0.29) is 23.4 Å². The van der Waals surface area contributed by atoms with Crippen LogP contribution in [0.4, 0.5) is 0 Å². The van der Waals surface area contributed by atoms with Crippen molar-refractivity contribution in [1.29, 1.82) is 0 Å². The molecule has 0 bridgehead atoms. The zero-order valence-electron chi connectivity index (χ0n) is 11.1. The first-order valence-electron chi connectivity index (χ1n) is 6.11. The van der Waals surface area contributed by atoms with Gasteiger partial charge in [-0.15, -0.1) is 0 Å². The summed E-state index contributed by atoms with van der Waals surface area (Å²) in [7, 11) is 0. The second-order valence-electron chi connectivity index (χ2n) is 4.63. The Morgan fingerprint density at radius 1 is 1.20 bits per heavy atom. The maximum Gasteiger partial charge on any atom is 0.164 e. The summed E-state index contributed by atoms with van der Waals surface area (Å²) in [5.41, 5.74) is -0.150. The van der Waals surface area contributed by atoms with Crippen molar-refractivity contribution in [2.24, 2.45) is 5.92 Å². The van der Waals surface area contributed by atoms with Crippen molar-refractivity contribution in [3.63, 3.8) is 0 Å². The molecule has 2 atom stereocenters. The molecule has 0 spiro atoms. The Hall–Kier alpha value is -0.370. The number of Topliss-reactive ketones (excluding diaryl/α,β-unsaturated/α-hetero) is 1. The summed E-state index contributed by atoms with van der Waals surface area (Å²) in [6, 6.07) is 0. The molecule has 0 rings (SSSR count). The molecule has 0 saturated carbocycles. The van der Waals surface area contributed by atoms with E-state index in [1.165, 1.54) is 0 Å². The zero-order chi connectivity index (χ0) is 12.1.